The van der Waals surface area contributed by atoms with Gasteiger partial charge in [-0.2, -0.15) is 5.26 Å². The number of nitriles is 1. The molecule has 4 nitrogen and oxygen atoms in total. The summed E-state index contributed by atoms with van der Waals surface area (Å²) >= 11 is 5.54. The molecule has 1 atom stereocenters. The van der Waals surface area contributed by atoms with E-state index in [1.54, 1.807) is 6.07 Å². The highest BCUT2D eigenvalue weighted by Crippen LogP contribution is 2.25. The summed E-state index contributed by atoms with van der Waals surface area (Å²) in [5.41, 5.74) is -0.210. The second-order valence-corrected chi connectivity index (χ2v) is 6.29. The highest BCUT2D eigenvalue weighted by Gasteiger charge is 2.26. The lowest BCUT2D eigenvalue weighted by Gasteiger charge is -2.09. The molecule has 1 aromatic rings. The first-order valence-electron chi connectivity index (χ1n) is 4.80. The Hall–Kier alpha value is -1.45. The molecule has 0 spiro atoms. The van der Waals surface area contributed by atoms with E-state index in [9.17, 15) is 17.6 Å². The van der Waals surface area contributed by atoms with Crippen LogP contribution in [0.4, 0.5) is 4.39 Å². The lowest BCUT2D eigenvalue weighted by molar-refractivity contribution is -0.117. The normalized spacial score (nSPS) is 12.8. The summed E-state index contributed by atoms with van der Waals surface area (Å²) in [6.45, 7) is 0. The Kier molecular flexibility index (Phi) is 4.43. The van der Waals surface area contributed by atoms with E-state index in [1.807, 2.05) is 0 Å². The average Bonchev–Trinajstić information content (AvgIpc) is 2.22. The fourth-order valence-corrected chi connectivity index (χ4v) is 2.27. The molecule has 18 heavy (non-hydrogen) atoms. The summed E-state index contributed by atoms with van der Waals surface area (Å²) in [4.78, 5) is 11.6. The van der Waals surface area contributed by atoms with Crippen LogP contribution >= 0.6 is 11.6 Å². The Labute approximate surface area is 109 Å². The van der Waals surface area contributed by atoms with Gasteiger partial charge in [-0.15, -0.1) is 0 Å². The van der Waals surface area contributed by atoms with Crippen molar-refractivity contribution in [3.05, 3.63) is 34.6 Å². The number of hydrogen-bond acceptors (Lipinski definition) is 4. The van der Waals surface area contributed by atoms with E-state index in [0.717, 1.165) is 6.26 Å². The zero-order chi connectivity index (χ0) is 13.9. The van der Waals surface area contributed by atoms with Gasteiger partial charge in [-0.25, -0.2) is 12.8 Å². The number of hydrogen-bond donors (Lipinski definition) is 0. The SMILES string of the molecule is CS(=O)(=O)CC(=O)C(C#N)c1cccc(Cl)c1F. The van der Waals surface area contributed by atoms with Crippen molar-refractivity contribution in [3.63, 3.8) is 0 Å². The second-order valence-electron chi connectivity index (χ2n) is 3.74. The lowest BCUT2D eigenvalue weighted by atomic mass is 9.96. The van der Waals surface area contributed by atoms with Crippen LogP contribution in [0.5, 0.6) is 0 Å². The van der Waals surface area contributed by atoms with Crippen LogP contribution in [0.25, 0.3) is 0 Å². The molecule has 0 aromatic heterocycles. The van der Waals surface area contributed by atoms with Crippen LogP contribution in [0.2, 0.25) is 5.02 Å². The quantitative estimate of drug-likeness (QED) is 0.845. The molecule has 1 rings (SSSR count). The minimum Gasteiger partial charge on any atom is -0.297 e. The first-order valence-corrected chi connectivity index (χ1v) is 7.24. The van der Waals surface area contributed by atoms with Crippen LogP contribution in [0.1, 0.15) is 11.5 Å². The predicted molar refractivity (Wildman–Crippen MR) is 64.5 cm³/mol. The highest BCUT2D eigenvalue weighted by atomic mass is 35.5. The first-order chi connectivity index (χ1) is 8.26. The molecular weight excluding hydrogens is 281 g/mol. The lowest BCUT2D eigenvalue weighted by Crippen LogP contribution is -2.21. The Morgan fingerprint density at radius 2 is 2.17 bits per heavy atom. The Morgan fingerprint density at radius 1 is 1.56 bits per heavy atom. The van der Waals surface area contributed by atoms with Crippen LogP contribution in [0.15, 0.2) is 18.2 Å². The zero-order valence-corrected chi connectivity index (χ0v) is 10.9. The first kappa shape index (κ1) is 14.6. The number of benzene rings is 1. The van der Waals surface area contributed by atoms with Crippen LogP contribution in [0.3, 0.4) is 0 Å². The molecule has 1 aromatic carbocycles. The zero-order valence-electron chi connectivity index (χ0n) is 9.35. The summed E-state index contributed by atoms with van der Waals surface area (Å²) in [6.07, 6.45) is 0.869. The Bertz CT molecular complexity index is 622. The van der Waals surface area contributed by atoms with Crippen molar-refractivity contribution in [1.82, 2.24) is 0 Å². The van der Waals surface area contributed by atoms with Gasteiger partial charge in [0.2, 0.25) is 0 Å². The molecule has 0 bridgehead atoms. The molecule has 96 valence electrons. The van der Waals surface area contributed by atoms with Crippen molar-refractivity contribution in [2.24, 2.45) is 0 Å². The molecule has 7 heteroatoms. The maximum atomic E-state index is 13.6. The summed E-state index contributed by atoms with van der Waals surface area (Å²) in [7, 11) is -3.57. The largest absolute Gasteiger partial charge is 0.297 e. The summed E-state index contributed by atoms with van der Waals surface area (Å²) in [5.74, 6) is -4.04. The average molecular weight is 290 g/mol. The number of carbonyl (C=O) groups is 1. The molecule has 0 saturated heterocycles. The van der Waals surface area contributed by atoms with Crippen molar-refractivity contribution in [2.75, 3.05) is 12.0 Å². The van der Waals surface area contributed by atoms with E-state index in [4.69, 9.17) is 16.9 Å². The van der Waals surface area contributed by atoms with E-state index < -0.39 is 33.1 Å². The number of sulfone groups is 1. The number of nitrogens with zero attached hydrogens (tertiary/aromatic N) is 1. The van der Waals surface area contributed by atoms with Crippen LogP contribution in [-0.4, -0.2) is 26.2 Å². The van der Waals surface area contributed by atoms with E-state index in [0.29, 0.717) is 0 Å². The van der Waals surface area contributed by atoms with Crippen LogP contribution in [-0.2, 0) is 14.6 Å². The second kappa shape index (κ2) is 5.46. The molecule has 0 saturated carbocycles. The van der Waals surface area contributed by atoms with Gasteiger partial charge in [-0.05, 0) is 6.07 Å². The van der Waals surface area contributed by atoms with Gasteiger partial charge in [0.15, 0.2) is 15.6 Å². The highest BCUT2D eigenvalue weighted by molar-refractivity contribution is 7.91. The third kappa shape index (κ3) is 3.52. The van der Waals surface area contributed by atoms with E-state index >= 15 is 0 Å². The fourth-order valence-electron chi connectivity index (χ4n) is 1.40. The van der Waals surface area contributed by atoms with Crippen molar-refractivity contribution in [3.8, 4) is 6.07 Å². The standard InChI is InChI=1S/C11H9ClFNO3S/c1-18(16,17)6-10(15)8(5-14)7-3-2-4-9(12)11(7)13/h2-4,8H,6H2,1H3. The molecule has 0 heterocycles. The summed E-state index contributed by atoms with van der Waals surface area (Å²) in [5, 5.41) is 8.66. The molecule has 0 aliphatic rings. The van der Waals surface area contributed by atoms with E-state index in [-0.39, 0.29) is 10.6 Å². The Balaban J connectivity index is 3.16. The van der Waals surface area contributed by atoms with Crippen LogP contribution < -0.4 is 0 Å². The van der Waals surface area contributed by atoms with Gasteiger partial charge in [0.25, 0.3) is 0 Å². The van der Waals surface area contributed by atoms with Gasteiger partial charge in [0.1, 0.15) is 17.5 Å². The molecule has 0 amide bonds. The molecule has 0 fully saturated rings. The fraction of sp³-hybridized carbons (Fsp3) is 0.273. The van der Waals surface area contributed by atoms with Crippen molar-refractivity contribution < 1.29 is 17.6 Å². The smallest absolute Gasteiger partial charge is 0.169 e. The van der Waals surface area contributed by atoms with Gasteiger partial charge < -0.3 is 0 Å². The van der Waals surface area contributed by atoms with Gasteiger partial charge in [0, 0.05) is 11.8 Å². The summed E-state index contributed by atoms with van der Waals surface area (Å²) < 4.78 is 35.6. The van der Waals surface area contributed by atoms with Gasteiger partial charge in [-0.1, -0.05) is 23.7 Å². The predicted octanol–water partition coefficient (Wildman–Crippen LogP) is 1.70. The van der Waals surface area contributed by atoms with Crippen molar-refractivity contribution >= 4 is 27.2 Å². The minimum absolute atomic E-state index is 0.210. The van der Waals surface area contributed by atoms with Gasteiger partial charge in [0.05, 0.1) is 11.1 Å². The van der Waals surface area contributed by atoms with E-state index in [2.05, 4.69) is 0 Å². The molecule has 0 aliphatic heterocycles. The van der Waals surface area contributed by atoms with Gasteiger partial charge >= 0.3 is 0 Å². The maximum absolute atomic E-state index is 13.6. The molecule has 1 unspecified atom stereocenters. The van der Waals surface area contributed by atoms with E-state index in [1.165, 1.54) is 18.2 Å². The maximum Gasteiger partial charge on any atom is 0.169 e. The number of ketones is 1. The molecule has 0 N–H and O–H groups in total. The minimum atomic E-state index is -3.57. The number of Topliss-reactive ketones (excluding diaryl/α,β-unsaturated/α-hetero) is 1. The number of halogens is 2. The summed E-state index contributed by atoms with van der Waals surface area (Å²) in [6, 6.07) is 5.49. The van der Waals surface area contributed by atoms with Gasteiger partial charge in [-0.3, -0.25) is 4.79 Å². The third-order valence-corrected chi connectivity index (χ3v) is 3.25. The van der Waals surface area contributed by atoms with Crippen molar-refractivity contribution in [2.45, 2.75) is 5.92 Å². The molecular formula is C11H9ClFNO3S. The topological polar surface area (TPSA) is 75.0 Å². The number of carbonyl (C=O) groups excluding carboxylic acids is 1. The van der Waals surface area contributed by atoms with Crippen molar-refractivity contribution in [1.29, 1.82) is 5.26 Å². The third-order valence-electron chi connectivity index (χ3n) is 2.15. The molecule has 0 aliphatic carbocycles. The van der Waals surface area contributed by atoms with Crippen LogP contribution in [0, 0.1) is 17.1 Å². The number of rotatable bonds is 4. The molecule has 0 radical (unpaired) electrons. The Morgan fingerprint density at radius 3 is 2.67 bits per heavy atom. The monoisotopic (exact) mass is 289 g/mol.